The second-order valence-electron chi connectivity index (χ2n) is 5.73. The summed E-state index contributed by atoms with van der Waals surface area (Å²) in [5, 5.41) is 20.2. The number of Topliss-reactive ketones (excluding diaryl/α,β-unsaturated/α-hetero) is 1. The SMILES string of the molecule is Cc1cc(O)c2c(c1)OC(C)(C1CCC(=O)O1)C(O)C2=O. The zero-order valence-corrected chi connectivity index (χ0v) is 11.8. The molecular formula is C15H16O6. The van der Waals surface area contributed by atoms with E-state index in [-0.39, 0.29) is 29.5 Å². The maximum absolute atomic E-state index is 12.4. The summed E-state index contributed by atoms with van der Waals surface area (Å²) >= 11 is 0. The number of esters is 1. The summed E-state index contributed by atoms with van der Waals surface area (Å²) in [6.07, 6.45) is -1.59. The first-order chi connectivity index (χ1) is 9.83. The van der Waals surface area contributed by atoms with E-state index in [1.165, 1.54) is 6.07 Å². The van der Waals surface area contributed by atoms with Crippen LogP contribution in [0.1, 0.15) is 35.7 Å². The van der Waals surface area contributed by atoms with Gasteiger partial charge in [-0.2, -0.15) is 0 Å². The van der Waals surface area contributed by atoms with Crippen molar-refractivity contribution < 1.29 is 29.3 Å². The Morgan fingerprint density at radius 2 is 2.05 bits per heavy atom. The summed E-state index contributed by atoms with van der Waals surface area (Å²) < 4.78 is 10.9. The van der Waals surface area contributed by atoms with Gasteiger partial charge in [-0.3, -0.25) is 9.59 Å². The largest absolute Gasteiger partial charge is 0.507 e. The number of rotatable bonds is 1. The number of ether oxygens (including phenoxy) is 2. The Morgan fingerprint density at radius 1 is 1.33 bits per heavy atom. The van der Waals surface area contributed by atoms with Crippen molar-refractivity contribution in [2.45, 2.75) is 44.5 Å². The average Bonchev–Trinajstić information content (AvgIpc) is 2.82. The zero-order chi connectivity index (χ0) is 15.4. The fourth-order valence-corrected chi connectivity index (χ4v) is 2.92. The predicted octanol–water partition coefficient (Wildman–Crippen LogP) is 1.10. The van der Waals surface area contributed by atoms with Gasteiger partial charge in [0, 0.05) is 6.42 Å². The molecule has 0 amide bonds. The Kier molecular flexibility index (Phi) is 2.95. The van der Waals surface area contributed by atoms with Crippen LogP contribution in [0.3, 0.4) is 0 Å². The fourth-order valence-electron chi connectivity index (χ4n) is 2.92. The normalized spacial score (nSPS) is 31.6. The third-order valence-corrected chi connectivity index (χ3v) is 4.12. The van der Waals surface area contributed by atoms with Crippen molar-refractivity contribution in [1.82, 2.24) is 0 Å². The van der Waals surface area contributed by atoms with Crippen molar-refractivity contribution in [3.05, 3.63) is 23.3 Å². The minimum absolute atomic E-state index is 0.0325. The van der Waals surface area contributed by atoms with Gasteiger partial charge in [-0.15, -0.1) is 0 Å². The van der Waals surface area contributed by atoms with Crippen molar-refractivity contribution in [3.8, 4) is 11.5 Å². The maximum Gasteiger partial charge on any atom is 0.306 e. The number of benzene rings is 1. The number of fused-ring (bicyclic) bond motifs is 1. The number of phenolic OH excluding ortho intramolecular Hbond substituents is 1. The number of aromatic hydroxyl groups is 1. The summed E-state index contributed by atoms with van der Waals surface area (Å²) in [5.41, 5.74) is -0.660. The van der Waals surface area contributed by atoms with Gasteiger partial charge in [0.05, 0.1) is 0 Å². The molecule has 1 saturated heterocycles. The number of cyclic esters (lactones) is 1. The number of carbonyl (C=O) groups is 2. The molecule has 6 heteroatoms. The van der Waals surface area contributed by atoms with Crippen LogP contribution in [0.15, 0.2) is 12.1 Å². The van der Waals surface area contributed by atoms with Gasteiger partial charge in [-0.05, 0) is 38.0 Å². The summed E-state index contributed by atoms with van der Waals surface area (Å²) in [7, 11) is 0. The molecular weight excluding hydrogens is 276 g/mol. The van der Waals surface area contributed by atoms with Gasteiger partial charge in [0.15, 0.2) is 11.7 Å². The average molecular weight is 292 g/mol. The lowest BCUT2D eigenvalue weighted by Crippen LogP contribution is -2.59. The number of aryl methyl sites for hydroxylation is 1. The van der Waals surface area contributed by atoms with Crippen molar-refractivity contribution in [3.63, 3.8) is 0 Å². The second-order valence-corrected chi connectivity index (χ2v) is 5.73. The molecule has 0 saturated carbocycles. The van der Waals surface area contributed by atoms with Crippen LogP contribution in [0, 0.1) is 6.92 Å². The lowest BCUT2D eigenvalue weighted by atomic mass is 9.82. The van der Waals surface area contributed by atoms with Gasteiger partial charge in [0.25, 0.3) is 0 Å². The van der Waals surface area contributed by atoms with E-state index >= 15 is 0 Å². The van der Waals surface area contributed by atoms with E-state index in [0.29, 0.717) is 6.42 Å². The van der Waals surface area contributed by atoms with Crippen molar-refractivity contribution in [2.75, 3.05) is 0 Å². The molecule has 0 aliphatic carbocycles. The standard InChI is InChI=1S/C15H16O6/c1-7-5-8(16)12-9(6-7)21-15(2,14(19)13(12)18)10-3-4-11(17)20-10/h5-6,10,14,16,19H,3-4H2,1-2H3. The molecule has 3 rings (SSSR count). The maximum atomic E-state index is 12.4. The van der Waals surface area contributed by atoms with Gasteiger partial charge in [-0.25, -0.2) is 0 Å². The van der Waals surface area contributed by atoms with Crippen molar-refractivity contribution in [1.29, 1.82) is 0 Å². The highest BCUT2D eigenvalue weighted by atomic mass is 16.6. The van der Waals surface area contributed by atoms with E-state index < -0.39 is 23.6 Å². The second kappa shape index (κ2) is 4.46. The van der Waals surface area contributed by atoms with Crippen LogP contribution < -0.4 is 4.74 Å². The van der Waals surface area contributed by atoms with Gasteiger partial charge < -0.3 is 19.7 Å². The Hall–Kier alpha value is -2.08. The van der Waals surface area contributed by atoms with Crippen molar-refractivity contribution in [2.24, 2.45) is 0 Å². The minimum atomic E-state index is -1.51. The molecule has 2 N–H and O–H groups in total. The summed E-state index contributed by atoms with van der Waals surface area (Å²) in [6, 6.07) is 3.05. The lowest BCUT2D eigenvalue weighted by Gasteiger charge is -2.41. The topological polar surface area (TPSA) is 93.1 Å². The number of aliphatic hydroxyl groups is 1. The third-order valence-electron chi connectivity index (χ3n) is 4.12. The van der Waals surface area contributed by atoms with Gasteiger partial charge in [-0.1, -0.05) is 0 Å². The Bertz CT molecular complexity index is 637. The Morgan fingerprint density at radius 3 is 2.67 bits per heavy atom. The van der Waals surface area contributed by atoms with E-state index in [0.717, 1.165) is 5.56 Å². The van der Waals surface area contributed by atoms with E-state index in [4.69, 9.17) is 9.47 Å². The number of carbonyl (C=O) groups excluding carboxylic acids is 2. The van der Waals surface area contributed by atoms with Crippen LogP contribution in [-0.4, -0.2) is 39.8 Å². The van der Waals surface area contributed by atoms with Crippen LogP contribution in [-0.2, 0) is 9.53 Å². The molecule has 1 fully saturated rings. The molecule has 2 heterocycles. The van der Waals surface area contributed by atoms with E-state index in [9.17, 15) is 19.8 Å². The Balaban J connectivity index is 2.06. The monoisotopic (exact) mass is 292 g/mol. The molecule has 2 aliphatic heterocycles. The Labute approximate surface area is 121 Å². The zero-order valence-electron chi connectivity index (χ0n) is 11.8. The highest BCUT2D eigenvalue weighted by Crippen LogP contribution is 2.42. The van der Waals surface area contributed by atoms with Crippen LogP contribution in [0.25, 0.3) is 0 Å². The molecule has 3 unspecified atom stereocenters. The van der Waals surface area contributed by atoms with Crippen molar-refractivity contribution >= 4 is 11.8 Å². The first-order valence-corrected chi connectivity index (χ1v) is 6.77. The number of phenols is 1. The van der Waals surface area contributed by atoms with Gasteiger partial charge in [0.1, 0.15) is 23.2 Å². The molecule has 112 valence electrons. The molecule has 1 aromatic carbocycles. The molecule has 1 aromatic rings. The molecule has 21 heavy (non-hydrogen) atoms. The smallest absolute Gasteiger partial charge is 0.306 e. The highest BCUT2D eigenvalue weighted by Gasteiger charge is 2.54. The number of aliphatic hydroxyl groups excluding tert-OH is 1. The van der Waals surface area contributed by atoms with Crippen LogP contribution >= 0.6 is 0 Å². The number of hydrogen-bond donors (Lipinski definition) is 2. The first kappa shape index (κ1) is 13.9. The molecule has 0 bridgehead atoms. The van der Waals surface area contributed by atoms with Crippen LogP contribution in [0.4, 0.5) is 0 Å². The molecule has 0 radical (unpaired) electrons. The minimum Gasteiger partial charge on any atom is -0.507 e. The number of hydrogen-bond acceptors (Lipinski definition) is 6. The fraction of sp³-hybridized carbons (Fsp3) is 0.467. The van der Waals surface area contributed by atoms with E-state index in [1.54, 1.807) is 19.9 Å². The molecule has 3 atom stereocenters. The summed E-state index contributed by atoms with van der Waals surface area (Å²) in [4.78, 5) is 23.7. The lowest BCUT2D eigenvalue weighted by molar-refractivity contribution is -0.157. The highest BCUT2D eigenvalue weighted by molar-refractivity contribution is 6.06. The molecule has 0 aromatic heterocycles. The molecule has 0 spiro atoms. The summed E-state index contributed by atoms with van der Waals surface area (Å²) in [6.45, 7) is 3.30. The van der Waals surface area contributed by atoms with E-state index in [1.807, 2.05) is 0 Å². The van der Waals surface area contributed by atoms with Gasteiger partial charge >= 0.3 is 5.97 Å². The predicted molar refractivity (Wildman–Crippen MR) is 71.3 cm³/mol. The first-order valence-electron chi connectivity index (χ1n) is 6.77. The third kappa shape index (κ3) is 1.98. The van der Waals surface area contributed by atoms with Gasteiger partial charge in [0.2, 0.25) is 5.78 Å². The quantitative estimate of drug-likeness (QED) is 0.753. The van der Waals surface area contributed by atoms with Crippen LogP contribution in [0.5, 0.6) is 11.5 Å². The van der Waals surface area contributed by atoms with Crippen LogP contribution in [0.2, 0.25) is 0 Å². The molecule has 2 aliphatic rings. The summed E-state index contributed by atoms with van der Waals surface area (Å²) in [5.74, 6) is -1.02. The van der Waals surface area contributed by atoms with E-state index in [2.05, 4.69) is 0 Å². The molecule has 6 nitrogen and oxygen atoms in total. The number of ketones is 1.